The Hall–Kier alpha value is -2.99. The van der Waals surface area contributed by atoms with E-state index in [-0.39, 0.29) is 11.6 Å². The van der Waals surface area contributed by atoms with Crippen LogP contribution in [0, 0.1) is 0 Å². The average Bonchev–Trinajstić information content (AvgIpc) is 2.60. The summed E-state index contributed by atoms with van der Waals surface area (Å²) in [6.07, 6.45) is 1.37. The highest BCUT2D eigenvalue weighted by atomic mass is 35.5. The summed E-state index contributed by atoms with van der Waals surface area (Å²) < 4.78 is 11.0. The van der Waals surface area contributed by atoms with Crippen molar-refractivity contribution >= 4 is 28.8 Å². The van der Waals surface area contributed by atoms with Gasteiger partial charge in [-0.25, -0.2) is 4.98 Å². The molecule has 0 fully saturated rings. The number of methoxy groups -OCH3 is 1. The van der Waals surface area contributed by atoms with E-state index in [1.165, 1.54) is 6.33 Å². The Morgan fingerprint density at radius 3 is 2.62 bits per heavy atom. The van der Waals surface area contributed by atoms with Crippen LogP contribution in [-0.4, -0.2) is 17.1 Å². The fourth-order valence-corrected chi connectivity index (χ4v) is 2.24. The number of hydrogen-bond acceptors (Lipinski definition) is 6. The monoisotopic (exact) mass is 342 g/mol. The first kappa shape index (κ1) is 15.9. The van der Waals surface area contributed by atoms with E-state index >= 15 is 0 Å². The van der Waals surface area contributed by atoms with Crippen molar-refractivity contribution in [1.82, 2.24) is 9.97 Å². The number of aromatic nitrogens is 2. The van der Waals surface area contributed by atoms with Gasteiger partial charge in [-0.3, -0.25) is 0 Å². The number of nitrogens with zero attached hydrogens (tertiary/aromatic N) is 2. The van der Waals surface area contributed by atoms with E-state index in [2.05, 4.69) is 15.3 Å². The quantitative estimate of drug-likeness (QED) is 0.721. The Kier molecular flexibility index (Phi) is 4.67. The predicted octanol–water partition coefficient (Wildman–Crippen LogP) is 4.26. The first-order valence-electron chi connectivity index (χ1n) is 7.11. The van der Waals surface area contributed by atoms with Gasteiger partial charge in [-0.05, 0) is 30.3 Å². The summed E-state index contributed by atoms with van der Waals surface area (Å²) in [6.45, 7) is 0. The van der Waals surface area contributed by atoms with E-state index in [0.717, 1.165) is 0 Å². The van der Waals surface area contributed by atoms with E-state index in [1.807, 2.05) is 30.3 Å². The van der Waals surface area contributed by atoms with Crippen LogP contribution in [0.1, 0.15) is 0 Å². The van der Waals surface area contributed by atoms with Crippen LogP contribution in [0.4, 0.5) is 17.2 Å². The Morgan fingerprint density at radius 1 is 1.08 bits per heavy atom. The van der Waals surface area contributed by atoms with E-state index in [0.29, 0.717) is 28.0 Å². The average molecular weight is 343 g/mol. The van der Waals surface area contributed by atoms with Gasteiger partial charge in [0.15, 0.2) is 5.82 Å². The summed E-state index contributed by atoms with van der Waals surface area (Å²) in [6, 6.07) is 14.5. The topological polar surface area (TPSA) is 82.3 Å². The van der Waals surface area contributed by atoms with E-state index in [4.69, 9.17) is 26.8 Å². The molecule has 0 saturated carbocycles. The van der Waals surface area contributed by atoms with Crippen LogP contribution in [-0.2, 0) is 0 Å². The van der Waals surface area contributed by atoms with Gasteiger partial charge in [-0.1, -0.05) is 29.8 Å². The molecule has 2 aromatic carbocycles. The van der Waals surface area contributed by atoms with Gasteiger partial charge in [0.25, 0.3) is 0 Å². The zero-order chi connectivity index (χ0) is 16.9. The van der Waals surface area contributed by atoms with Gasteiger partial charge < -0.3 is 20.5 Å². The van der Waals surface area contributed by atoms with E-state index in [1.54, 1.807) is 25.3 Å². The fourth-order valence-electron chi connectivity index (χ4n) is 2.07. The van der Waals surface area contributed by atoms with Gasteiger partial charge in [-0.2, -0.15) is 4.98 Å². The molecule has 1 aromatic heterocycles. The molecule has 3 N–H and O–H groups in total. The SMILES string of the molecule is COc1ccc(Cl)cc1Nc1ncnc(Oc2ccccc2)c1N. The molecule has 0 saturated heterocycles. The van der Waals surface area contributed by atoms with Crippen molar-refractivity contribution in [2.75, 3.05) is 18.2 Å². The van der Waals surface area contributed by atoms with Crippen molar-refractivity contribution in [1.29, 1.82) is 0 Å². The molecule has 0 unspecified atom stereocenters. The molecular weight excluding hydrogens is 328 g/mol. The number of rotatable bonds is 5. The van der Waals surface area contributed by atoms with Gasteiger partial charge in [-0.15, -0.1) is 0 Å². The first-order chi connectivity index (χ1) is 11.7. The molecule has 0 radical (unpaired) electrons. The number of ether oxygens (including phenoxy) is 2. The molecule has 0 spiro atoms. The molecule has 24 heavy (non-hydrogen) atoms. The van der Waals surface area contributed by atoms with E-state index < -0.39 is 0 Å². The van der Waals surface area contributed by atoms with Crippen molar-refractivity contribution in [2.45, 2.75) is 0 Å². The zero-order valence-electron chi connectivity index (χ0n) is 12.9. The minimum atomic E-state index is 0.264. The van der Waals surface area contributed by atoms with Gasteiger partial charge in [0.1, 0.15) is 23.5 Å². The lowest BCUT2D eigenvalue weighted by Crippen LogP contribution is -2.04. The first-order valence-corrected chi connectivity index (χ1v) is 7.49. The smallest absolute Gasteiger partial charge is 0.248 e. The fraction of sp³-hybridized carbons (Fsp3) is 0.0588. The minimum Gasteiger partial charge on any atom is -0.495 e. The molecule has 7 heteroatoms. The minimum absolute atomic E-state index is 0.264. The number of nitrogens with one attached hydrogen (secondary N) is 1. The van der Waals surface area contributed by atoms with Crippen molar-refractivity contribution in [2.24, 2.45) is 0 Å². The molecule has 0 atom stereocenters. The number of anilines is 3. The number of halogens is 1. The number of para-hydroxylation sites is 1. The Balaban J connectivity index is 1.90. The van der Waals surface area contributed by atoms with Crippen LogP contribution in [0.2, 0.25) is 5.02 Å². The molecule has 0 bridgehead atoms. The third-order valence-corrected chi connectivity index (χ3v) is 3.45. The normalized spacial score (nSPS) is 10.2. The highest BCUT2D eigenvalue weighted by molar-refractivity contribution is 6.31. The molecule has 0 aliphatic heterocycles. The van der Waals surface area contributed by atoms with Crippen LogP contribution >= 0.6 is 11.6 Å². The van der Waals surface area contributed by atoms with E-state index in [9.17, 15) is 0 Å². The molecular formula is C17H15ClN4O2. The van der Waals surface area contributed by atoms with Crippen LogP contribution in [0.3, 0.4) is 0 Å². The van der Waals surface area contributed by atoms with Crippen molar-refractivity contribution in [3.63, 3.8) is 0 Å². The molecule has 0 amide bonds. The molecule has 3 rings (SSSR count). The summed E-state index contributed by atoms with van der Waals surface area (Å²) >= 11 is 6.03. The van der Waals surface area contributed by atoms with Crippen LogP contribution < -0.4 is 20.5 Å². The molecule has 1 heterocycles. The maximum atomic E-state index is 6.12. The number of nitrogen functional groups attached to an aromatic ring is 1. The largest absolute Gasteiger partial charge is 0.495 e. The molecule has 122 valence electrons. The number of hydrogen-bond donors (Lipinski definition) is 2. The third-order valence-electron chi connectivity index (χ3n) is 3.22. The Labute approximate surface area is 144 Å². The molecule has 3 aromatic rings. The number of nitrogens with two attached hydrogens (primary N) is 1. The van der Waals surface area contributed by atoms with Crippen molar-refractivity contribution < 1.29 is 9.47 Å². The lowest BCUT2D eigenvalue weighted by molar-refractivity contribution is 0.417. The second-order valence-electron chi connectivity index (χ2n) is 4.83. The van der Waals surface area contributed by atoms with Gasteiger partial charge >= 0.3 is 0 Å². The van der Waals surface area contributed by atoms with Crippen LogP contribution in [0.15, 0.2) is 54.9 Å². The van der Waals surface area contributed by atoms with Crippen LogP contribution in [0.25, 0.3) is 0 Å². The lowest BCUT2D eigenvalue weighted by atomic mass is 10.3. The maximum Gasteiger partial charge on any atom is 0.248 e. The Morgan fingerprint density at radius 2 is 1.88 bits per heavy atom. The zero-order valence-corrected chi connectivity index (χ0v) is 13.6. The maximum absolute atomic E-state index is 6.12. The molecule has 6 nitrogen and oxygen atoms in total. The van der Waals surface area contributed by atoms with Crippen LogP contribution in [0.5, 0.6) is 17.4 Å². The summed E-state index contributed by atoms with van der Waals surface area (Å²) in [5.41, 5.74) is 7.04. The second-order valence-corrected chi connectivity index (χ2v) is 5.26. The lowest BCUT2D eigenvalue weighted by Gasteiger charge is -2.14. The standard InChI is InChI=1S/C17H15ClN4O2/c1-23-14-8-7-11(18)9-13(14)22-16-15(19)17(21-10-20-16)24-12-5-3-2-4-6-12/h2-10H,19H2,1H3,(H,20,21,22). The predicted molar refractivity (Wildman–Crippen MR) is 94.2 cm³/mol. The summed E-state index contributed by atoms with van der Waals surface area (Å²) in [7, 11) is 1.57. The highest BCUT2D eigenvalue weighted by Gasteiger charge is 2.13. The van der Waals surface area contributed by atoms with Crippen molar-refractivity contribution in [3.05, 3.63) is 59.9 Å². The number of benzene rings is 2. The van der Waals surface area contributed by atoms with Crippen molar-refractivity contribution in [3.8, 4) is 17.4 Å². The third kappa shape index (κ3) is 3.49. The summed E-state index contributed by atoms with van der Waals surface area (Å²) in [5, 5.41) is 3.65. The highest BCUT2D eigenvalue weighted by Crippen LogP contribution is 2.34. The summed E-state index contributed by atoms with van der Waals surface area (Å²) in [5.74, 6) is 1.91. The molecule has 0 aliphatic carbocycles. The van der Waals surface area contributed by atoms with Gasteiger partial charge in [0.2, 0.25) is 5.88 Å². The van der Waals surface area contributed by atoms with Gasteiger partial charge in [0.05, 0.1) is 12.8 Å². The van der Waals surface area contributed by atoms with Gasteiger partial charge in [0, 0.05) is 5.02 Å². The molecule has 0 aliphatic rings. The Bertz CT molecular complexity index is 843. The summed E-state index contributed by atoms with van der Waals surface area (Å²) in [4.78, 5) is 8.24. The second kappa shape index (κ2) is 7.06.